The Kier molecular flexibility index (Phi) is 5.90. The van der Waals surface area contributed by atoms with E-state index >= 15 is 0 Å². The van der Waals surface area contributed by atoms with Gasteiger partial charge in [-0.3, -0.25) is 14.5 Å². The van der Waals surface area contributed by atoms with Crippen LogP contribution in [0.2, 0.25) is 0 Å². The highest BCUT2D eigenvalue weighted by Crippen LogP contribution is 2.39. The maximum Gasteiger partial charge on any atom is 0.307 e. The molecule has 2 aliphatic rings. The summed E-state index contributed by atoms with van der Waals surface area (Å²) in [5.41, 5.74) is 2.67. The highest BCUT2D eigenvalue weighted by atomic mass is 19.1. The van der Waals surface area contributed by atoms with Crippen LogP contribution in [0.3, 0.4) is 0 Å². The SMILES string of the molecule is CC(=O)O/C(C)=C/C1=C(C)CCN(C(C(=O)C2CC2)c2ccccc2F)C1. The zero-order valence-electron chi connectivity index (χ0n) is 16.1. The van der Waals surface area contributed by atoms with Gasteiger partial charge in [-0.05, 0) is 50.8 Å². The molecule has 0 bridgehead atoms. The van der Waals surface area contributed by atoms with Gasteiger partial charge in [0.25, 0.3) is 0 Å². The second-order valence-corrected chi connectivity index (χ2v) is 7.48. The standard InChI is InChI=1S/C22H26FNO3/c1-14-10-11-24(13-18(14)12-15(2)27-16(3)25)21(22(26)17-8-9-17)19-6-4-5-7-20(19)23/h4-7,12,17,21H,8-11,13H2,1-3H3/b15-12+. The van der Waals surface area contributed by atoms with Crippen molar-refractivity contribution in [3.05, 3.63) is 58.6 Å². The van der Waals surface area contributed by atoms with Gasteiger partial charge in [0.05, 0.1) is 6.04 Å². The number of hydrogen-bond acceptors (Lipinski definition) is 4. The number of rotatable bonds is 6. The van der Waals surface area contributed by atoms with Crippen molar-refractivity contribution < 1.29 is 18.7 Å². The van der Waals surface area contributed by atoms with Crippen LogP contribution >= 0.6 is 0 Å². The molecule has 144 valence electrons. The number of ketones is 1. The van der Waals surface area contributed by atoms with E-state index in [2.05, 4.69) is 4.90 Å². The Labute approximate surface area is 159 Å². The van der Waals surface area contributed by atoms with Crippen molar-refractivity contribution in [2.24, 2.45) is 5.92 Å². The normalized spacial score (nSPS) is 19.8. The predicted molar refractivity (Wildman–Crippen MR) is 101 cm³/mol. The molecule has 1 fully saturated rings. The molecular weight excluding hydrogens is 345 g/mol. The molecule has 5 heteroatoms. The number of carbonyl (C=O) groups is 2. The highest BCUT2D eigenvalue weighted by Gasteiger charge is 2.40. The fourth-order valence-corrected chi connectivity index (χ4v) is 3.61. The molecule has 1 unspecified atom stereocenters. The summed E-state index contributed by atoms with van der Waals surface area (Å²) in [4.78, 5) is 26.2. The van der Waals surface area contributed by atoms with Gasteiger partial charge in [0.1, 0.15) is 11.6 Å². The van der Waals surface area contributed by atoms with Crippen LogP contribution in [-0.2, 0) is 14.3 Å². The first-order valence-electron chi connectivity index (χ1n) is 9.44. The third-order valence-corrected chi connectivity index (χ3v) is 5.19. The van der Waals surface area contributed by atoms with Crippen molar-refractivity contribution in [2.45, 2.75) is 46.1 Å². The molecule has 3 rings (SSSR count). The first-order chi connectivity index (χ1) is 12.9. The largest absolute Gasteiger partial charge is 0.432 e. The Morgan fingerprint density at radius 2 is 1.96 bits per heavy atom. The van der Waals surface area contributed by atoms with Crippen molar-refractivity contribution in [1.29, 1.82) is 0 Å². The molecule has 4 nitrogen and oxygen atoms in total. The first-order valence-corrected chi connectivity index (χ1v) is 9.44. The minimum absolute atomic E-state index is 0.0448. The smallest absolute Gasteiger partial charge is 0.307 e. The molecule has 0 saturated heterocycles. The molecule has 0 amide bonds. The molecule has 1 heterocycles. The van der Waals surface area contributed by atoms with Gasteiger partial charge in [0.2, 0.25) is 0 Å². The van der Waals surface area contributed by atoms with E-state index < -0.39 is 6.04 Å². The van der Waals surface area contributed by atoms with Gasteiger partial charge in [-0.25, -0.2) is 4.39 Å². The molecule has 1 atom stereocenters. The van der Waals surface area contributed by atoms with E-state index in [0.29, 0.717) is 24.4 Å². The summed E-state index contributed by atoms with van der Waals surface area (Å²) in [5.74, 6) is -0.0171. The summed E-state index contributed by atoms with van der Waals surface area (Å²) in [7, 11) is 0. The molecule has 0 spiro atoms. The number of nitrogens with zero attached hydrogens (tertiary/aromatic N) is 1. The van der Waals surface area contributed by atoms with Crippen molar-refractivity contribution >= 4 is 11.8 Å². The van der Waals surface area contributed by atoms with Gasteiger partial charge in [-0.1, -0.05) is 23.8 Å². The van der Waals surface area contributed by atoms with Crippen molar-refractivity contribution in [3.8, 4) is 0 Å². The van der Waals surface area contributed by atoms with Gasteiger partial charge < -0.3 is 4.74 Å². The summed E-state index contributed by atoms with van der Waals surface area (Å²) in [6.45, 7) is 6.39. The van der Waals surface area contributed by atoms with E-state index in [0.717, 1.165) is 24.8 Å². The highest BCUT2D eigenvalue weighted by molar-refractivity contribution is 5.89. The summed E-state index contributed by atoms with van der Waals surface area (Å²) in [6.07, 6.45) is 4.43. The lowest BCUT2D eigenvalue weighted by atomic mass is 9.93. The molecule has 27 heavy (non-hydrogen) atoms. The summed E-state index contributed by atoms with van der Waals surface area (Å²) >= 11 is 0. The van der Waals surface area contributed by atoms with Crippen molar-refractivity contribution in [3.63, 3.8) is 0 Å². The van der Waals surface area contributed by atoms with Gasteiger partial charge >= 0.3 is 5.97 Å². The number of hydrogen-bond donors (Lipinski definition) is 0. The van der Waals surface area contributed by atoms with E-state index in [1.165, 1.54) is 18.6 Å². The van der Waals surface area contributed by atoms with E-state index in [9.17, 15) is 14.0 Å². The molecule has 1 aliphatic heterocycles. The van der Waals surface area contributed by atoms with Crippen LogP contribution in [0, 0.1) is 11.7 Å². The molecule has 1 aromatic rings. The van der Waals surface area contributed by atoms with Crippen LogP contribution < -0.4 is 0 Å². The van der Waals surface area contributed by atoms with E-state index in [4.69, 9.17) is 4.74 Å². The first kappa shape index (κ1) is 19.5. The third-order valence-electron chi connectivity index (χ3n) is 5.19. The number of benzene rings is 1. The van der Waals surface area contributed by atoms with Gasteiger partial charge in [0.15, 0.2) is 5.78 Å². The quantitative estimate of drug-likeness (QED) is 0.551. The van der Waals surface area contributed by atoms with Crippen molar-refractivity contribution in [1.82, 2.24) is 4.90 Å². The number of carbonyl (C=O) groups excluding carboxylic acids is 2. The third kappa shape index (κ3) is 4.72. The molecule has 0 aromatic heterocycles. The Morgan fingerprint density at radius 3 is 2.59 bits per heavy atom. The second-order valence-electron chi connectivity index (χ2n) is 7.48. The number of Topliss-reactive ketones (excluding diaryl/α,β-unsaturated/α-hetero) is 1. The number of allylic oxidation sites excluding steroid dienone is 1. The predicted octanol–water partition coefficient (Wildman–Crippen LogP) is 4.34. The molecule has 1 saturated carbocycles. The zero-order valence-corrected chi connectivity index (χ0v) is 16.1. The topological polar surface area (TPSA) is 46.6 Å². The lowest BCUT2D eigenvalue weighted by molar-refractivity contribution is -0.136. The maximum atomic E-state index is 14.5. The average molecular weight is 371 g/mol. The second kappa shape index (κ2) is 8.17. The Bertz CT molecular complexity index is 808. The fourth-order valence-electron chi connectivity index (χ4n) is 3.61. The Hall–Kier alpha value is -2.27. The van der Waals surface area contributed by atoms with Crippen molar-refractivity contribution in [2.75, 3.05) is 13.1 Å². The number of esters is 1. The Balaban J connectivity index is 1.89. The van der Waals surface area contributed by atoms with Crippen LogP contribution in [0.25, 0.3) is 0 Å². The number of halogens is 1. The summed E-state index contributed by atoms with van der Waals surface area (Å²) in [5, 5.41) is 0. The van der Waals surface area contributed by atoms with E-state index in [1.807, 2.05) is 13.0 Å². The van der Waals surface area contributed by atoms with Crippen LogP contribution in [0.5, 0.6) is 0 Å². The molecule has 1 aliphatic carbocycles. The van der Waals surface area contributed by atoms with Gasteiger partial charge in [0, 0.05) is 31.5 Å². The summed E-state index contributed by atoms with van der Waals surface area (Å²) in [6, 6.07) is 5.99. The number of ether oxygens (including phenoxy) is 1. The van der Waals surface area contributed by atoms with E-state index in [1.54, 1.807) is 25.1 Å². The maximum absolute atomic E-state index is 14.5. The zero-order chi connectivity index (χ0) is 19.6. The fraction of sp³-hybridized carbons (Fsp3) is 0.455. The minimum atomic E-state index is -0.566. The molecular formula is C22H26FNO3. The monoisotopic (exact) mass is 371 g/mol. The lowest BCUT2D eigenvalue weighted by Gasteiger charge is -2.35. The van der Waals surface area contributed by atoms with Crippen LogP contribution in [-0.4, -0.2) is 29.7 Å². The minimum Gasteiger partial charge on any atom is -0.432 e. The van der Waals surface area contributed by atoms with Gasteiger partial charge in [-0.2, -0.15) is 0 Å². The van der Waals surface area contributed by atoms with Crippen LogP contribution in [0.15, 0.2) is 47.2 Å². The van der Waals surface area contributed by atoms with Crippen LogP contribution in [0.1, 0.15) is 51.6 Å². The molecule has 1 aromatic carbocycles. The van der Waals surface area contributed by atoms with Gasteiger partial charge in [-0.15, -0.1) is 0 Å². The van der Waals surface area contributed by atoms with E-state index in [-0.39, 0.29) is 23.5 Å². The molecule has 0 radical (unpaired) electrons. The summed E-state index contributed by atoms with van der Waals surface area (Å²) < 4.78 is 19.6. The molecule has 0 N–H and O–H groups in total. The van der Waals surface area contributed by atoms with Crippen LogP contribution in [0.4, 0.5) is 4.39 Å². The lowest BCUT2D eigenvalue weighted by Crippen LogP contribution is -2.39. The Morgan fingerprint density at radius 1 is 1.26 bits per heavy atom. The average Bonchev–Trinajstić information content (AvgIpc) is 3.43.